The monoisotopic (exact) mass is 226 g/mol. The topological polar surface area (TPSA) is 41.6 Å². The predicted octanol–water partition coefficient (Wildman–Crippen LogP) is 1.95. The molecule has 16 heavy (non-hydrogen) atoms. The molecule has 2 atom stereocenters. The van der Waals surface area contributed by atoms with Crippen LogP contribution < -0.4 is 5.32 Å². The van der Waals surface area contributed by atoms with Crippen LogP contribution >= 0.6 is 0 Å². The summed E-state index contributed by atoms with van der Waals surface area (Å²) in [5.41, 5.74) is -0.399. The zero-order chi connectivity index (χ0) is 11.8. The Bertz CT molecular complexity index is 273. The fourth-order valence-electron chi connectivity index (χ4n) is 2.58. The first-order chi connectivity index (χ1) is 7.47. The minimum absolute atomic E-state index is 0.172. The largest absolute Gasteiger partial charge is 0.444 e. The second-order valence-electron chi connectivity index (χ2n) is 5.76. The van der Waals surface area contributed by atoms with Gasteiger partial charge in [-0.15, -0.1) is 0 Å². The van der Waals surface area contributed by atoms with Crippen LogP contribution in [0.25, 0.3) is 0 Å². The third kappa shape index (κ3) is 2.48. The molecule has 1 N–H and O–H groups in total. The maximum absolute atomic E-state index is 12.0. The van der Waals surface area contributed by atoms with Crippen molar-refractivity contribution < 1.29 is 9.53 Å². The summed E-state index contributed by atoms with van der Waals surface area (Å²) in [5, 5.41) is 3.42. The molecule has 2 fully saturated rings. The molecule has 2 unspecified atom stereocenters. The molecule has 0 aromatic rings. The van der Waals surface area contributed by atoms with Gasteiger partial charge in [-0.1, -0.05) is 0 Å². The number of fused-ring (bicyclic) bond motifs is 1. The van der Waals surface area contributed by atoms with Crippen molar-refractivity contribution in [2.45, 2.75) is 51.8 Å². The summed E-state index contributed by atoms with van der Waals surface area (Å²) in [6, 6.07) is 0. The molecule has 0 saturated carbocycles. The zero-order valence-corrected chi connectivity index (χ0v) is 10.5. The Morgan fingerprint density at radius 3 is 2.81 bits per heavy atom. The number of amides is 1. The van der Waals surface area contributed by atoms with Gasteiger partial charge in [0.05, 0.1) is 6.17 Å². The predicted molar refractivity (Wildman–Crippen MR) is 62.1 cm³/mol. The molecule has 0 aliphatic carbocycles. The summed E-state index contributed by atoms with van der Waals surface area (Å²) >= 11 is 0. The molecule has 2 aliphatic rings. The van der Waals surface area contributed by atoms with Gasteiger partial charge in [0.2, 0.25) is 0 Å². The SMILES string of the molecule is CC(C)(C)OC(=O)N1CCC2CCCNC21. The number of likely N-dealkylation sites (tertiary alicyclic amines) is 1. The van der Waals surface area contributed by atoms with E-state index in [1.165, 1.54) is 12.8 Å². The average molecular weight is 226 g/mol. The first-order valence-corrected chi connectivity index (χ1v) is 6.20. The highest BCUT2D eigenvalue weighted by atomic mass is 16.6. The van der Waals surface area contributed by atoms with Gasteiger partial charge in [0.25, 0.3) is 0 Å². The lowest BCUT2D eigenvalue weighted by Gasteiger charge is -2.33. The molecule has 0 aromatic carbocycles. The highest BCUT2D eigenvalue weighted by Crippen LogP contribution is 2.30. The van der Waals surface area contributed by atoms with E-state index in [1.807, 2.05) is 25.7 Å². The lowest BCUT2D eigenvalue weighted by molar-refractivity contribution is 0.0156. The number of nitrogens with one attached hydrogen (secondary N) is 1. The number of rotatable bonds is 0. The molecule has 2 rings (SSSR count). The minimum atomic E-state index is -0.399. The average Bonchev–Trinajstić information content (AvgIpc) is 2.58. The van der Waals surface area contributed by atoms with E-state index in [0.29, 0.717) is 5.92 Å². The summed E-state index contributed by atoms with van der Waals surface area (Å²) in [6.45, 7) is 7.57. The van der Waals surface area contributed by atoms with Crippen molar-refractivity contribution in [3.8, 4) is 0 Å². The summed E-state index contributed by atoms with van der Waals surface area (Å²) in [5.74, 6) is 0.626. The molecule has 2 saturated heterocycles. The van der Waals surface area contributed by atoms with Crippen LogP contribution in [-0.2, 0) is 4.74 Å². The van der Waals surface area contributed by atoms with Gasteiger partial charge in [-0.2, -0.15) is 0 Å². The molecular weight excluding hydrogens is 204 g/mol. The Hall–Kier alpha value is -0.770. The lowest BCUT2D eigenvalue weighted by Crippen LogP contribution is -2.51. The number of carbonyl (C=O) groups is 1. The molecule has 92 valence electrons. The van der Waals surface area contributed by atoms with Crippen molar-refractivity contribution >= 4 is 6.09 Å². The van der Waals surface area contributed by atoms with E-state index in [1.54, 1.807) is 0 Å². The minimum Gasteiger partial charge on any atom is -0.444 e. The molecule has 2 aliphatic heterocycles. The molecule has 2 heterocycles. The van der Waals surface area contributed by atoms with Crippen LogP contribution in [-0.4, -0.2) is 35.8 Å². The summed E-state index contributed by atoms with van der Waals surface area (Å²) < 4.78 is 5.42. The fraction of sp³-hybridized carbons (Fsp3) is 0.917. The van der Waals surface area contributed by atoms with Crippen LogP contribution in [0.1, 0.15) is 40.0 Å². The molecule has 4 heteroatoms. The van der Waals surface area contributed by atoms with Gasteiger partial charge in [0, 0.05) is 6.54 Å². The van der Waals surface area contributed by atoms with Gasteiger partial charge in [-0.05, 0) is 52.5 Å². The maximum atomic E-state index is 12.0. The molecule has 0 aromatic heterocycles. The van der Waals surface area contributed by atoms with Crippen LogP contribution in [0, 0.1) is 5.92 Å². The standard InChI is InChI=1S/C12H22N2O2/c1-12(2,3)16-11(15)14-8-6-9-5-4-7-13-10(9)14/h9-10,13H,4-8H2,1-3H3. The van der Waals surface area contributed by atoms with E-state index in [4.69, 9.17) is 4.74 Å². The molecule has 1 amide bonds. The fourth-order valence-corrected chi connectivity index (χ4v) is 2.58. The van der Waals surface area contributed by atoms with Crippen molar-refractivity contribution in [1.82, 2.24) is 10.2 Å². The summed E-state index contributed by atoms with van der Waals surface area (Å²) in [6.07, 6.45) is 3.61. The number of ether oxygens (including phenoxy) is 1. The van der Waals surface area contributed by atoms with Gasteiger partial charge in [0.1, 0.15) is 5.60 Å². The van der Waals surface area contributed by atoms with E-state index in [2.05, 4.69) is 5.32 Å². The quantitative estimate of drug-likeness (QED) is 0.686. The third-order valence-corrected chi connectivity index (χ3v) is 3.26. The van der Waals surface area contributed by atoms with Crippen molar-refractivity contribution in [2.24, 2.45) is 5.92 Å². The van der Waals surface area contributed by atoms with Crippen molar-refractivity contribution in [3.05, 3.63) is 0 Å². The summed E-state index contributed by atoms with van der Waals surface area (Å²) in [4.78, 5) is 13.8. The molecule has 0 bridgehead atoms. The Kier molecular flexibility index (Phi) is 3.10. The normalized spacial score (nSPS) is 30.1. The number of piperidine rings is 1. The van der Waals surface area contributed by atoms with Crippen LogP contribution in [0.2, 0.25) is 0 Å². The summed E-state index contributed by atoms with van der Waals surface area (Å²) in [7, 11) is 0. The number of hydrogen-bond donors (Lipinski definition) is 1. The first kappa shape index (κ1) is 11.7. The number of hydrogen-bond acceptors (Lipinski definition) is 3. The number of nitrogens with zero attached hydrogens (tertiary/aromatic N) is 1. The highest BCUT2D eigenvalue weighted by Gasteiger charge is 2.39. The van der Waals surface area contributed by atoms with E-state index in [-0.39, 0.29) is 12.3 Å². The number of carbonyl (C=O) groups excluding carboxylic acids is 1. The lowest BCUT2D eigenvalue weighted by atomic mass is 9.96. The van der Waals surface area contributed by atoms with Gasteiger partial charge >= 0.3 is 6.09 Å². The van der Waals surface area contributed by atoms with Gasteiger partial charge in [0.15, 0.2) is 0 Å². The van der Waals surface area contributed by atoms with E-state index < -0.39 is 5.60 Å². The Morgan fingerprint density at radius 1 is 1.38 bits per heavy atom. The first-order valence-electron chi connectivity index (χ1n) is 6.20. The Balaban J connectivity index is 1.97. The maximum Gasteiger partial charge on any atom is 0.411 e. The zero-order valence-electron chi connectivity index (χ0n) is 10.5. The molecular formula is C12H22N2O2. The Morgan fingerprint density at radius 2 is 2.12 bits per heavy atom. The second-order valence-corrected chi connectivity index (χ2v) is 5.76. The molecule has 0 radical (unpaired) electrons. The van der Waals surface area contributed by atoms with Crippen molar-refractivity contribution in [1.29, 1.82) is 0 Å². The second kappa shape index (κ2) is 4.24. The smallest absolute Gasteiger partial charge is 0.411 e. The Labute approximate surface area is 97.3 Å². The van der Waals surface area contributed by atoms with E-state index >= 15 is 0 Å². The van der Waals surface area contributed by atoms with Crippen LogP contribution in [0.15, 0.2) is 0 Å². The van der Waals surface area contributed by atoms with Gasteiger partial charge < -0.3 is 4.74 Å². The van der Waals surface area contributed by atoms with Crippen molar-refractivity contribution in [3.63, 3.8) is 0 Å². The van der Waals surface area contributed by atoms with Gasteiger partial charge in [-0.3, -0.25) is 10.2 Å². The third-order valence-electron chi connectivity index (χ3n) is 3.26. The molecule has 0 spiro atoms. The van der Waals surface area contributed by atoms with Crippen LogP contribution in [0.3, 0.4) is 0 Å². The van der Waals surface area contributed by atoms with Crippen molar-refractivity contribution in [2.75, 3.05) is 13.1 Å². The van der Waals surface area contributed by atoms with Crippen LogP contribution in [0.5, 0.6) is 0 Å². The van der Waals surface area contributed by atoms with E-state index in [0.717, 1.165) is 19.5 Å². The van der Waals surface area contributed by atoms with Gasteiger partial charge in [-0.25, -0.2) is 4.79 Å². The van der Waals surface area contributed by atoms with Crippen LogP contribution in [0.4, 0.5) is 4.79 Å². The molecule has 4 nitrogen and oxygen atoms in total. The van der Waals surface area contributed by atoms with E-state index in [9.17, 15) is 4.79 Å². The highest BCUT2D eigenvalue weighted by molar-refractivity contribution is 5.69.